The van der Waals surface area contributed by atoms with Crippen LogP contribution in [-0.2, 0) is 12.2 Å². The molecule has 29 heavy (non-hydrogen) atoms. The fourth-order valence-electron chi connectivity index (χ4n) is 2.67. The molecule has 0 aliphatic carbocycles. The minimum absolute atomic E-state index is 0. The quantitative estimate of drug-likeness (QED) is 0.202. The molecule has 0 saturated heterocycles. The highest BCUT2D eigenvalue weighted by atomic mass is 127. The fourth-order valence-corrected chi connectivity index (χ4v) is 3.49. The van der Waals surface area contributed by atoms with Crippen molar-refractivity contribution in [1.29, 1.82) is 0 Å². The molecule has 158 valence electrons. The van der Waals surface area contributed by atoms with E-state index >= 15 is 0 Å². The average Bonchev–Trinajstić information content (AvgIpc) is 2.73. The van der Waals surface area contributed by atoms with Gasteiger partial charge in [0.1, 0.15) is 0 Å². The van der Waals surface area contributed by atoms with E-state index < -0.39 is 0 Å². The van der Waals surface area contributed by atoms with Gasteiger partial charge in [-0.1, -0.05) is 42.0 Å². The van der Waals surface area contributed by atoms with Gasteiger partial charge in [-0.3, -0.25) is 9.79 Å². The Labute approximate surface area is 195 Å². The molecule has 0 saturated carbocycles. The minimum Gasteiger partial charge on any atom is -0.356 e. The molecule has 0 bridgehead atoms. The molecule has 3 N–H and O–H groups in total. The van der Waals surface area contributed by atoms with Crippen molar-refractivity contribution in [1.82, 2.24) is 16.0 Å². The van der Waals surface area contributed by atoms with Gasteiger partial charge in [-0.15, -0.1) is 24.0 Å². The number of hydrogen-bond acceptors (Lipinski definition) is 3. The lowest BCUT2D eigenvalue weighted by Crippen LogP contribution is -2.39. The normalized spacial score (nSPS) is 10.8. The molecule has 0 spiro atoms. The smallest absolute Gasteiger partial charge is 0.251 e. The first-order valence-corrected chi connectivity index (χ1v) is 10.7. The van der Waals surface area contributed by atoms with Crippen molar-refractivity contribution in [2.45, 2.75) is 19.1 Å². The zero-order chi connectivity index (χ0) is 20.2. The Morgan fingerprint density at radius 2 is 1.76 bits per heavy atom. The van der Waals surface area contributed by atoms with Gasteiger partial charge in [-0.25, -0.2) is 0 Å². The van der Waals surface area contributed by atoms with Gasteiger partial charge in [0.25, 0.3) is 5.91 Å². The number of carbonyl (C=O) groups excluding carboxylic acids is 1. The lowest BCUT2D eigenvalue weighted by atomic mass is 10.1. The lowest BCUT2D eigenvalue weighted by molar-refractivity contribution is 0.0963. The Morgan fingerprint density at radius 3 is 2.45 bits per heavy atom. The van der Waals surface area contributed by atoms with E-state index in [0.29, 0.717) is 5.56 Å². The number of thioether (sulfide) groups is 1. The second-order valence-electron chi connectivity index (χ2n) is 6.49. The molecule has 2 rings (SSSR count). The van der Waals surface area contributed by atoms with E-state index in [1.807, 2.05) is 36.0 Å². The Morgan fingerprint density at radius 1 is 1.03 bits per heavy atom. The zero-order valence-corrected chi connectivity index (χ0v) is 20.5. The van der Waals surface area contributed by atoms with Crippen LogP contribution in [0.2, 0.25) is 0 Å². The van der Waals surface area contributed by atoms with Crippen molar-refractivity contribution in [3.63, 3.8) is 0 Å². The van der Waals surface area contributed by atoms with Crippen LogP contribution in [0.4, 0.5) is 0 Å². The molecular weight excluding hydrogens is 495 g/mol. The van der Waals surface area contributed by atoms with Crippen molar-refractivity contribution in [3.05, 3.63) is 70.8 Å². The van der Waals surface area contributed by atoms with Crippen LogP contribution in [0.15, 0.2) is 53.5 Å². The van der Waals surface area contributed by atoms with E-state index in [4.69, 9.17) is 0 Å². The van der Waals surface area contributed by atoms with Gasteiger partial charge in [-0.05, 0) is 36.6 Å². The summed E-state index contributed by atoms with van der Waals surface area (Å²) in [5.41, 5.74) is 4.47. The topological polar surface area (TPSA) is 65.5 Å². The summed E-state index contributed by atoms with van der Waals surface area (Å²) in [6.45, 7) is 3.73. The van der Waals surface area contributed by atoms with Crippen molar-refractivity contribution in [2.24, 2.45) is 4.99 Å². The van der Waals surface area contributed by atoms with Crippen LogP contribution in [-0.4, -0.2) is 44.8 Å². The molecule has 5 nitrogen and oxygen atoms in total. The van der Waals surface area contributed by atoms with Gasteiger partial charge < -0.3 is 16.0 Å². The molecule has 0 atom stereocenters. The number of aryl methyl sites for hydroxylation is 1. The van der Waals surface area contributed by atoms with Crippen molar-refractivity contribution < 1.29 is 4.79 Å². The summed E-state index contributed by atoms with van der Waals surface area (Å²) < 4.78 is 0. The van der Waals surface area contributed by atoms with E-state index in [1.165, 1.54) is 11.1 Å². The molecular formula is C22H31IN4OS. The standard InChI is InChI=1S/C22H30N4OS.HI/c1-17-7-9-19(10-8-17)16-28-14-13-26-22(24-3)25-12-11-18-5-4-6-20(15-18)21(27)23-2;/h4-10,15H,11-14,16H2,1-3H3,(H,23,27)(H2,24,25,26);1H. The summed E-state index contributed by atoms with van der Waals surface area (Å²) >= 11 is 1.91. The number of guanidine groups is 1. The molecule has 0 radical (unpaired) electrons. The third kappa shape index (κ3) is 9.54. The highest BCUT2D eigenvalue weighted by Crippen LogP contribution is 2.12. The summed E-state index contributed by atoms with van der Waals surface area (Å²) in [7, 11) is 3.42. The van der Waals surface area contributed by atoms with Gasteiger partial charge in [0.2, 0.25) is 0 Å². The van der Waals surface area contributed by atoms with Gasteiger partial charge in [0.15, 0.2) is 5.96 Å². The maximum Gasteiger partial charge on any atom is 0.251 e. The van der Waals surface area contributed by atoms with Gasteiger partial charge in [0, 0.05) is 44.3 Å². The molecule has 0 heterocycles. The molecule has 0 unspecified atom stereocenters. The van der Waals surface area contributed by atoms with Crippen molar-refractivity contribution in [2.75, 3.05) is 32.9 Å². The predicted molar refractivity (Wildman–Crippen MR) is 136 cm³/mol. The molecule has 2 aromatic rings. The molecule has 1 amide bonds. The van der Waals surface area contributed by atoms with Crippen molar-refractivity contribution >= 4 is 47.6 Å². The fraction of sp³-hybridized carbons (Fsp3) is 0.364. The average molecular weight is 526 g/mol. The molecule has 0 aliphatic rings. The summed E-state index contributed by atoms with van der Waals surface area (Å²) in [5.74, 6) is 2.78. The van der Waals surface area contributed by atoms with Crippen LogP contribution in [0, 0.1) is 6.92 Å². The number of carbonyl (C=O) groups is 1. The molecule has 0 fully saturated rings. The molecule has 0 aliphatic heterocycles. The van der Waals surface area contributed by atoms with Crippen LogP contribution < -0.4 is 16.0 Å². The largest absolute Gasteiger partial charge is 0.356 e. The van der Waals surface area contributed by atoms with Crippen LogP contribution in [0.25, 0.3) is 0 Å². The first kappa shape index (κ1) is 25.3. The van der Waals surface area contributed by atoms with Crippen LogP contribution in [0.5, 0.6) is 0 Å². The number of amides is 1. The van der Waals surface area contributed by atoms with E-state index in [2.05, 4.69) is 52.1 Å². The van der Waals surface area contributed by atoms with E-state index in [-0.39, 0.29) is 29.9 Å². The Kier molecular flexibility index (Phi) is 12.5. The Hall–Kier alpha value is -1.74. The van der Waals surface area contributed by atoms with E-state index in [0.717, 1.165) is 42.5 Å². The zero-order valence-electron chi connectivity index (χ0n) is 17.3. The second-order valence-corrected chi connectivity index (χ2v) is 7.60. The molecule has 7 heteroatoms. The third-order valence-electron chi connectivity index (χ3n) is 4.27. The maximum atomic E-state index is 11.7. The van der Waals surface area contributed by atoms with Gasteiger partial charge in [-0.2, -0.15) is 11.8 Å². The van der Waals surface area contributed by atoms with Gasteiger partial charge >= 0.3 is 0 Å². The van der Waals surface area contributed by atoms with Crippen LogP contribution >= 0.6 is 35.7 Å². The minimum atomic E-state index is -0.0598. The van der Waals surface area contributed by atoms with E-state index in [1.54, 1.807) is 14.1 Å². The van der Waals surface area contributed by atoms with E-state index in [9.17, 15) is 4.79 Å². The first-order valence-electron chi connectivity index (χ1n) is 9.51. The summed E-state index contributed by atoms with van der Waals surface area (Å²) in [4.78, 5) is 16.0. The van der Waals surface area contributed by atoms with Crippen molar-refractivity contribution in [3.8, 4) is 0 Å². The number of nitrogens with one attached hydrogen (secondary N) is 3. The number of rotatable bonds is 9. The third-order valence-corrected chi connectivity index (χ3v) is 5.30. The monoisotopic (exact) mass is 526 g/mol. The lowest BCUT2D eigenvalue weighted by Gasteiger charge is -2.12. The molecule has 0 aromatic heterocycles. The number of benzene rings is 2. The highest BCUT2D eigenvalue weighted by Gasteiger charge is 2.04. The predicted octanol–water partition coefficient (Wildman–Crippen LogP) is 3.61. The van der Waals surface area contributed by atoms with Crippen LogP contribution in [0.3, 0.4) is 0 Å². The summed E-state index contributed by atoms with van der Waals surface area (Å²) in [6.07, 6.45) is 0.827. The number of halogens is 1. The number of hydrogen-bond donors (Lipinski definition) is 3. The van der Waals surface area contributed by atoms with Crippen LogP contribution in [0.1, 0.15) is 27.0 Å². The summed E-state index contributed by atoms with van der Waals surface area (Å²) in [6, 6.07) is 16.4. The Bertz CT molecular complexity index is 781. The second kappa shape index (κ2) is 14.3. The summed E-state index contributed by atoms with van der Waals surface area (Å²) in [5, 5.41) is 9.32. The Balaban J connectivity index is 0.00000420. The molecule has 2 aromatic carbocycles. The highest BCUT2D eigenvalue weighted by molar-refractivity contribution is 14.0. The SMILES string of the molecule is CN=C(NCCSCc1ccc(C)cc1)NCCc1cccc(C(=O)NC)c1.I. The van der Waals surface area contributed by atoms with Gasteiger partial charge in [0.05, 0.1) is 0 Å². The number of aliphatic imine (C=N–C) groups is 1. The maximum absolute atomic E-state index is 11.7. The number of nitrogens with zero attached hydrogens (tertiary/aromatic N) is 1. The first-order chi connectivity index (χ1) is 13.6.